The van der Waals surface area contributed by atoms with Crippen LogP contribution < -0.4 is 10.5 Å². The van der Waals surface area contributed by atoms with Crippen molar-refractivity contribution in [2.45, 2.75) is 57.2 Å². The van der Waals surface area contributed by atoms with Gasteiger partial charge in [0.05, 0.1) is 11.7 Å². The summed E-state index contributed by atoms with van der Waals surface area (Å²) < 4.78 is 25.5. The number of aryl methyl sites for hydroxylation is 1. The molecule has 1 heterocycles. The molecule has 20 heavy (non-hydrogen) atoms. The molecule has 1 saturated heterocycles. The van der Waals surface area contributed by atoms with Crippen molar-refractivity contribution in [2.24, 2.45) is 0 Å². The number of ether oxygens (including phenoxy) is 2. The fourth-order valence-corrected chi connectivity index (χ4v) is 3.36. The zero-order valence-corrected chi connectivity index (χ0v) is 12.0. The molecule has 1 unspecified atom stereocenters. The van der Waals surface area contributed by atoms with Crippen molar-refractivity contribution in [3.05, 3.63) is 23.5 Å². The summed E-state index contributed by atoms with van der Waals surface area (Å²) in [6.45, 7) is 2.27. The highest BCUT2D eigenvalue weighted by molar-refractivity contribution is 5.50. The maximum atomic E-state index is 13.8. The summed E-state index contributed by atoms with van der Waals surface area (Å²) in [7, 11) is 0. The van der Waals surface area contributed by atoms with Gasteiger partial charge in [0.15, 0.2) is 11.6 Å². The maximum Gasteiger partial charge on any atom is 0.167 e. The van der Waals surface area contributed by atoms with Crippen LogP contribution in [0.1, 0.15) is 44.1 Å². The SMILES string of the molecule is Cc1cc(OCC2CCC3(CCCC3)O2)c(F)cc1N. The van der Waals surface area contributed by atoms with Crippen molar-refractivity contribution in [2.75, 3.05) is 12.3 Å². The number of rotatable bonds is 3. The minimum absolute atomic E-state index is 0.0883. The molecule has 1 spiro atoms. The van der Waals surface area contributed by atoms with Crippen LogP contribution in [0.3, 0.4) is 0 Å². The molecular formula is C16H22FNO2. The topological polar surface area (TPSA) is 44.5 Å². The highest BCUT2D eigenvalue weighted by Crippen LogP contribution is 2.43. The third-order valence-electron chi connectivity index (χ3n) is 4.60. The lowest BCUT2D eigenvalue weighted by atomic mass is 9.98. The smallest absolute Gasteiger partial charge is 0.167 e. The second kappa shape index (κ2) is 5.24. The van der Waals surface area contributed by atoms with Gasteiger partial charge >= 0.3 is 0 Å². The van der Waals surface area contributed by atoms with Gasteiger partial charge in [0.1, 0.15) is 6.61 Å². The minimum atomic E-state index is -0.401. The van der Waals surface area contributed by atoms with E-state index in [4.69, 9.17) is 15.2 Å². The van der Waals surface area contributed by atoms with Crippen LogP contribution in [0.15, 0.2) is 12.1 Å². The first-order valence-electron chi connectivity index (χ1n) is 7.44. The van der Waals surface area contributed by atoms with E-state index in [9.17, 15) is 4.39 Å². The van der Waals surface area contributed by atoms with Crippen LogP contribution in [-0.4, -0.2) is 18.3 Å². The molecule has 0 amide bonds. The molecule has 2 aliphatic rings. The standard InChI is InChI=1S/C16H22FNO2/c1-11-8-15(13(17)9-14(11)18)19-10-12-4-7-16(20-12)5-2-3-6-16/h8-9,12H,2-7,10,18H2,1H3. The van der Waals surface area contributed by atoms with Crippen LogP contribution >= 0.6 is 0 Å². The molecule has 0 aromatic heterocycles. The van der Waals surface area contributed by atoms with Crippen molar-refractivity contribution in [1.82, 2.24) is 0 Å². The zero-order valence-electron chi connectivity index (χ0n) is 12.0. The quantitative estimate of drug-likeness (QED) is 0.860. The van der Waals surface area contributed by atoms with Gasteiger partial charge in [-0.3, -0.25) is 0 Å². The predicted molar refractivity (Wildman–Crippen MR) is 76.4 cm³/mol. The Hall–Kier alpha value is -1.29. The first-order chi connectivity index (χ1) is 9.58. The Balaban J connectivity index is 1.59. The Morgan fingerprint density at radius 3 is 2.85 bits per heavy atom. The van der Waals surface area contributed by atoms with Gasteiger partial charge in [0, 0.05) is 11.8 Å². The second-order valence-electron chi connectivity index (χ2n) is 6.12. The number of anilines is 1. The van der Waals surface area contributed by atoms with Gasteiger partial charge in [-0.25, -0.2) is 4.39 Å². The molecule has 1 aromatic carbocycles. The molecule has 4 heteroatoms. The molecule has 2 fully saturated rings. The van der Waals surface area contributed by atoms with E-state index in [0.29, 0.717) is 12.3 Å². The van der Waals surface area contributed by atoms with Crippen LogP contribution in [0.2, 0.25) is 0 Å². The molecule has 1 atom stereocenters. The largest absolute Gasteiger partial charge is 0.488 e. The van der Waals surface area contributed by atoms with Crippen molar-refractivity contribution >= 4 is 5.69 Å². The van der Waals surface area contributed by atoms with E-state index < -0.39 is 5.82 Å². The summed E-state index contributed by atoms with van der Waals surface area (Å²) in [5.74, 6) is -0.130. The fourth-order valence-electron chi connectivity index (χ4n) is 3.36. The lowest BCUT2D eigenvalue weighted by Crippen LogP contribution is -2.27. The van der Waals surface area contributed by atoms with Crippen molar-refractivity contribution in [1.29, 1.82) is 0 Å². The first-order valence-corrected chi connectivity index (χ1v) is 7.44. The Labute approximate surface area is 119 Å². The third kappa shape index (κ3) is 2.62. The van der Waals surface area contributed by atoms with Crippen LogP contribution in [0.4, 0.5) is 10.1 Å². The molecule has 1 aliphatic heterocycles. The highest BCUT2D eigenvalue weighted by Gasteiger charge is 2.42. The number of nitrogens with two attached hydrogens (primary N) is 1. The van der Waals surface area contributed by atoms with E-state index in [2.05, 4.69) is 0 Å². The van der Waals surface area contributed by atoms with E-state index in [1.807, 2.05) is 6.92 Å². The summed E-state index contributed by atoms with van der Waals surface area (Å²) in [6, 6.07) is 2.98. The summed E-state index contributed by atoms with van der Waals surface area (Å²) in [6.07, 6.45) is 7.07. The zero-order chi connectivity index (χ0) is 14.2. The average molecular weight is 279 g/mol. The Bertz CT molecular complexity index is 497. The predicted octanol–water partition coefficient (Wildman–Crippen LogP) is 3.59. The lowest BCUT2D eigenvalue weighted by molar-refractivity contribution is -0.0512. The maximum absolute atomic E-state index is 13.8. The van der Waals surface area contributed by atoms with Gasteiger partial charge in [-0.15, -0.1) is 0 Å². The van der Waals surface area contributed by atoms with E-state index in [1.54, 1.807) is 6.07 Å². The van der Waals surface area contributed by atoms with Crippen LogP contribution in [0.5, 0.6) is 5.75 Å². The molecule has 3 nitrogen and oxygen atoms in total. The normalized spacial score (nSPS) is 24.4. The van der Waals surface area contributed by atoms with E-state index in [1.165, 1.54) is 31.7 Å². The molecule has 2 N–H and O–H groups in total. The van der Waals surface area contributed by atoms with Crippen molar-refractivity contribution in [3.63, 3.8) is 0 Å². The third-order valence-corrected chi connectivity index (χ3v) is 4.60. The molecule has 3 rings (SSSR count). The molecule has 0 radical (unpaired) electrons. The second-order valence-corrected chi connectivity index (χ2v) is 6.12. The number of benzene rings is 1. The van der Waals surface area contributed by atoms with Crippen LogP contribution in [0, 0.1) is 12.7 Å². The summed E-state index contributed by atoms with van der Waals surface area (Å²) in [5.41, 5.74) is 7.06. The molecule has 1 saturated carbocycles. The van der Waals surface area contributed by atoms with Gasteiger partial charge in [0.25, 0.3) is 0 Å². The summed E-state index contributed by atoms with van der Waals surface area (Å²) in [5, 5.41) is 0. The van der Waals surface area contributed by atoms with Crippen LogP contribution in [-0.2, 0) is 4.74 Å². The lowest BCUT2D eigenvalue weighted by Gasteiger charge is -2.23. The van der Waals surface area contributed by atoms with E-state index in [-0.39, 0.29) is 17.5 Å². The fraction of sp³-hybridized carbons (Fsp3) is 0.625. The Morgan fingerprint density at radius 2 is 2.10 bits per heavy atom. The Morgan fingerprint density at radius 1 is 1.35 bits per heavy atom. The van der Waals surface area contributed by atoms with Gasteiger partial charge in [-0.05, 0) is 44.2 Å². The van der Waals surface area contributed by atoms with Crippen molar-refractivity contribution in [3.8, 4) is 5.75 Å². The molecule has 0 bridgehead atoms. The number of hydrogen-bond acceptors (Lipinski definition) is 3. The van der Waals surface area contributed by atoms with Crippen molar-refractivity contribution < 1.29 is 13.9 Å². The van der Waals surface area contributed by atoms with Gasteiger partial charge < -0.3 is 15.2 Å². The molecule has 110 valence electrons. The Kier molecular flexibility index (Phi) is 3.59. The van der Waals surface area contributed by atoms with Crippen LogP contribution in [0.25, 0.3) is 0 Å². The number of hydrogen-bond donors (Lipinski definition) is 1. The summed E-state index contributed by atoms with van der Waals surface area (Å²) in [4.78, 5) is 0. The molecule has 1 aromatic rings. The number of halogens is 1. The number of nitrogen functional groups attached to an aromatic ring is 1. The monoisotopic (exact) mass is 279 g/mol. The molecular weight excluding hydrogens is 257 g/mol. The highest BCUT2D eigenvalue weighted by atomic mass is 19.1. The van der Waals surface area contributed by atoms with Gasteiger partial charge in [-0.1, -0.05) is 12.8 Å². The minimum Gasteiger partial charge on any atom is -0.488 e. The van der Waals surface area contributed by atoms with Gasteiger partial charge in [0.2, 0.25) is 0 Å². The van der Waals surface area contributed by atoms with E-state index in [0.717, 1.165) is 18.4 Å². The van der Waals surface area contributed by atoms with Gasteiger partial charge in [-0.2, -0.15) is 0 Å². The average Bonchev–Trinajstić information content (AvgIpc) is 3.03. The van der Waals surface area contributed by atoms with E-state index >= 15 is 0 Å². The first kappa shape index (κ1) is 13.7. The summed E-state index contributed by atoms with van der Waals surface area (Å²) >= 11 is 0. The molecule has 1 aliphatic carbocycles.